The largest absolute Gasteiger partial charge is 0.423 e. The van der Waals surface area contributed by atoms with Gasteiger partial charge in [-0.3, -0.25) is 0 Å². The molecule has 126 valence electrons. The lowest BCUT2D eigenvalue weighted by Crippen LogP contribution is -2.30. The van der Waals surface area contributed by atoms with Gasteiger partial charge in [-0.15, -0.1) is 0 Å². The number of nitrogens with one attached hydrogen (secondary N) is 1. The summed E-state index contributed by atoms with van der Waals surface area (Å²) in [6.07, 6.45) is 2.20. The van der Waals surface area contributed by atoms with Crippen LogP contribution in [0.2, 0.25) is 5.02 Å². The van der Waals surface area contributed by atoms with Crippen molar-refractivity contribution in [1.82, 2.24) is 4.90 Å². The number of anilines is 1. The maximum atomic E-state index is 12.4. The third-order valence-electron chi connectivity index (χ3n) is 3.57. The Hall–Kier alpha value is -2.53. The number of nitrogens with zero attached hydrogens (tertiary/aromatic N) is 1. The number of esters is 1. The van der Waals surface area contributed by atoms with E-state index in [0.717, 1.165) is 11.3 Å². The lowest BCUT2D eigenvalue weighted by molar-refractivity contribution is -0.134. The summed E-state index contributed by atoms with van der Waals surface area (Å²) in [5, 5.41) is 3.21. The third kappa shape index (κ3) is 4.06. The quantitative estimate of drug-likeness (QED) is 0.645. The van der Waals surface area contributed by atoms with Gasteiger partial charge in [0.25, 0.3) is 0 Å². The second-order valence-electron chi connectivity index (χ2n) is 5.60. The van der Waals surface area contributed by atoms with E-state index in [2.05, 4.69) is 11.9 Å². The van der Waals surface area contributed by atoms with Gasteiger partial charge in [-0.1, -0.05) is 30.3 Å². The van der Waals surface area contributed by atoms with Crippen molar-refractivity contribution in [2.45, 2.75) is 20.3 Å². The first-order valence-electron chi connectivity index (χ1n) is 7.37. The summed E-state index contributed by atoms with van der Waals surface area (Å²) in [5.41, 5.74) is 2.45. The van der Waals surface area contributed by atoms with E-state index in [4.69, 9.17) is 16.3 Å². The van der Waals surface area contributed by atoms with Gasteiger partial charge in [-0.25, -0.2) is 9.59 Å². The molecule has 1 aliphatic rings. The van der Waals surface area contributed by atoms with Gasteiger partial charge in [0, 0.05) is 30.8 Å². The third-order valence-corrected chi connectivity index (χ3v) is 3.90. The Labute approximate surface area is 146 Å². The molecule has 2 rings (SSSR count). The summed E-state index contributed by atoms with van der Waals surface area (Å²) < 4.78 is 5.27. The molecular formula is C18H19ClN2O3. The average molecular weight is 347 g/mol. The Morgan fingerprint density at radius 1 is 1.33 bits per heavy atom. The molecular weight excluding hydrogens is 328 g/mol. The predicted octanol–water partition coefficient (Wildman–Crippen LogP) is 4.48. The Kier molecular flexibility index (Phi) is 5.46. The van der Waals surface area contributed by atoms with Crippen LogP contribution in [0.3, 0.4) is 0 Å². The number of hydrogen-bond acceptors (Lipinski definition) is 3. The summed E-state index contributed by atoms with van der Waals surface area (Å²) in [7, 11) is 1.65. The van der Waals surface area contributed by atoms with Crippen LogP contribution >= 0.6 is 11.6 Å². The van der Waals surface area contributed by atoms with Crippen LogP contribution in [0.1, 0.15) is 20.3 Å². The summed E-state index contributed by atoms with van der Waals surface area (Å²) in [5.74, 6) is -0.0274. The fourth-order valence-electron chi connectivity index (χ4n) is 2.10. The fraction of sp³-hybridized carbons (Fsp3) is 0.222. The highest BCUT2D eigenvalue weighted by atomic mass is 35.5. The zero-order chi connectivity index (χ0) is 17.9. The fourth-order valence-corrected chi connectivity index (χ4v) is 2.28. The van der Waals surface area contributed by atoms with E-state index in [9.17, 15) is 9.59 Å². The van der Waals surface area contributed by atoms with Crippen molar-refractivity contribution < 1.29 is 14.3 Å². The minimum atomic E-state index is -0.481. The van der Waals surface area contributed by atoms with Crippen molar-refractivity contribution in [1.29, 1.82) is 0 Å². The van der Waals surface area contributed by atoms with Gasteiger partial charge < -0.3 is 15.0 Å². The van der Waals surface area contributed by atoms with Crippen molar-refractivity contribution in [3.05, 3.63) is 64.5 Å². The van der Waals surface area contributed by atoms with E-state index < -0.39 is 5.97 Å². The number of benzene rings is 1. The van der Waals surface area contributed by atoms with Gasteiger partial charge in [0.2, 0.25) is 0 Å². The number of carbonyl (C=O) groups is 2. The first-order chi connectivity index (χ1) is 11.3. The van der Waals surface area contributed by atoms with Gasteiger partial charge in [0.05, 0.1) is 10.7 Å². The van der Waals surface area contributed by atoms with Crippen LogP contribution < -0.4 is 5.32 Å². The molecule has 0 heterocycles. The van der Waals surface area contributed by atoms with E-state index in [1.54, 1.807) is 44.3 Å². The summed E-state index contributed by atoms with van der Waals surface area (Å²) >= 11 is 6.04. The van der Waals surface area contributed by atoms with Crippen molar-refractivity contribution >= 4 is 29.3 Å². The van der Waals surface area contributed by atoms with Crippen LogP contribution in [0.5, 0.6) is 0 Å². The number of carbonyl (C=O) groups excluding carboxylic acids is 2. The molecule has 1 aliphatic carbocycles. The molecule has 0 saturated heterocycles. The number of allylic oxidation sites excluding steroid dienone is 2. The van der Waals surface area contributed by atoms with Crippen molar-refractivity contribution in [2.75, 3.05) is 12.4 Å². The van der Waals surface area contributed by atoms with Crippen LogP contribution in [0.25, 0.3) is 0 Å². The maximum absolute atomic E-state index is 12.4. The minimum absolute atomic E-state index is 0.321. The standard InChI is InChI=1S/C18H19ClN2O3/c1-11(2)17(22)24-16-10-13(9-12(16)3)21(4)18(23)20-15-8-6-5-7-14(15)19/h5-8,10H,1,9H2,2-4H3,(H,20,23). The molecule has 0 unspecified atom stereocenters. The SMILES string of the molecule is C=C(C)C(=O)OC1=C(C)CC(N(C)C(=O)Nc2ccccc2Cl)=C1. The zero-order valence-electron chi connectivity index (χ0n) is 13.9. The van der Waals surface area contributed by atoms with E-state index in [1.807, 2.05) is 6.92 Å². The molecule has 0 aromatic heterocycles. The summed E-state index contributed by atoms with van der Waals surface area (Å²) in [6.45, 7) is 6.99. The average Bonchev–Trinajstić information content (AvgIpc) is 2.89. The minimum Gasteiger partial charge on any atom is -0.423 e. The van der Waals surface area contributed by atoms with Crippen LogP contribution in [0, 0.1) is 0 Å². The van der Waals surface area contributed by atoms with Gasteiger partial charge in [0.1, 0.15) is 5.76 Å². The monoisotopic (exact) mass is 346 g/mol. The smallest absolute Gasteiger partial charge is 0.338 e. The Balaban J connectivity index is 2.06. The molecule has 0 aliphatic heterocycles. The molecule has 2 amide bonds. The topological polar surface area (TPSA) is 58.6 Å². The van der Waals surface area contributed by atoms with E-state index in [0.29, 0.717) is 28.5 Å². The van der Waals surface area contributed by atoms with Crippen LogP contribution in [0.15, 0.2) is 59.5 Å². The second kappa shape index (κ2) is 7.36. The first kappa shape index (κ1) is 17.8. The molecule has 0 saturated carbocycles. The highest BCUT2D eigenvalue weighted by Crippen LogP contribution is 2.29. The predicted molar refractivity (Wildman–Crippen MR) is 94.5 cm³/mol. The Morgan fingerprint density at radius 2 is 2.00 bits per heavy atom. The highest BCUT2D eigenvalue weighted by molar-refractivity contribution is 6.33. The molecule has 0 radical (unpaired) electrons. The van der Waals surface area contributed by atoms with E-state index in [-0.39, 0.29) is 6.03 Å². The molecule has 6 heteroatoms. The molecule has 0 spiro atoms. The molecule has 0 fully saturated rings. The number of ether oxygens (including phenoxy) is 1. The molecule has 1 N–H and O–H groups in total. The number of amides is 2. The lowest BCUT2D eigenvalue weighted by atomic mass is 10.2. The number of para-hydroxylation sites is 1. The van der Waals surface area contributed by atoms with Crippen LogP contribution in [-0.4, -0.2) is 23.9 Å². The number of urea groups is 1. The van der Waals surface area contributed by atoms with Gasteiger partial charge >= 0.3 is 12.0 Å². The normalized spacial score (nSPS) is 13.4. The lowest BCUT2D eigenvalue weighted by Gasteiger charge is -2.19. The highest BCUT2D eigenvalue weighted by Gasteiger charge is 2.23. The van der Waals surface area contributed by atoms with Crippen molar-refractivity contribution in [3.8, 4) is 0 Å². The molecule has 0 atom stereocenters. The molecule has 5 nitrogen and oxygen atoms in total. The molecule has 1 aromatic rings. The van der Waals surface area contributed by atoms with Crippen LogP contribution in [-0.2, 0) is 9.53 Å². The van der Waals surface area contributed by atoms with Crippen molar-refractivity contribution in [3.63, 3.8) is 0 Å². The molecule has 24 heavy (non-hydrogen) atoms. The Bertz CT molecular complexity index is 765. The molecule has 0 bridgehead atoms. The van der Waals surface area contributed by atoms with E-state index >= 15 is 0 Å². The molecule has 1 aromatic carbocycles. The summed E-state index contributed by atoms with van der Waals surface area (Å²) in [4.78, 5) is 25.5. The van der Waals surface area contributed by atoms with E-state index in [1.165, 1.54) is 4.90 Å². The number of hydrogen-bond donors (Lipinski definition) is 1. The van der Waals surface area contributed by atoms with Gasteiger partial charge in [-0.2, -0.15) is 0 Å². The Morgan fingerprint density at radius 3 is 2.62 bits per heavy atom. The van der Waals surface area contributed by atoms with Gasteiger partial charge in [-0.05, 0) is 31.6 Å². The van der Waals surface area contributed by atoms with Crippen LogP contribution in [0.4, 0.5) is 10.5 Å². The first-order valence-corrected chi connectivity index (χ1v) is 7.74. The second-order valence-corrected chi connectivity index (χ2v) is 6.00. The maximum Gasteiger partial charge on any atom is 0.338 e. The number of rotatable bonds is 4. The zero-order valence-corrected chi connectivity index (χ0v) is 14.6. The summed E-state index contributed by atoms with van der Waals surface area (Å²) in [6, 6.07) is 6.68. The van der Waals surface area contributed by atoms with Gasteiger partial charge in [0.15, 0.2) is 0 Å². The number of halogens is 1. The van der Waals surface area contributed by atoms with Crippen molar-refractivity contribution in [2.24, 2.45) is 0 Å².